The highest BCUT2D eigenvalue weighted by molar-refractivity contribution is 9.10. The van der Waals surface area contributed by atoms with E-state index in [1.165, 1.54) is 25.3 Å². The molecule has 5 heteroatoms. The van der Waals surface area contributed by atoms with Crippen molar-refractivity contribution in [1.29, 1.82) is 0 Å². The molecule has 2 nitrogen and oxygen atoms in total. The minimum absolute atomic E-state index is 0.155. The number of hydrogen-bond acceptors (Lipinski definition) is 2. The lowest BCUT2D eigenvalue weighted by Crippen LogP contribution is -1.97. The molecule has 0 radical (unpaired) electrons. The van der Waals surface area contributed by atoms with Gasteiger partial charge in [0, 0.05) is 6.07 Å². The van der Waals surface area contributed by atoms with E-state index in [1.807, 2.05) is 0 Å². The summed E-state index contributed by atoms with van der Waals surface area (Å²) in [5.41, 5.74) is 0.640. The van der Waals surface area contributed by atoms with Crippen LogP contribution in [0.3, 0.4) is 0 Å². The maximum atomic E-state index is 13.4. The molecular formula is C14H11BrF2O2. The molecular weight excluding hydrogens is 318 g/mol. The predicted octanol–water partition coefficient (Wildman–Crippen LogP) is 4.31. The third-order valence-electron chi connectivity index (χ3n) is 2.51. The lowest BCUT2D eigenvalue weighted by Gasteiger charge is -2.08. The molecule has 0 aliphatic carbocycles. The Kier molecular flexibility index (Phi) is 4.37. The third-order valence-corrected chi connectivity index (χ3v) is 3.16. The summed E-state index contributed by atoms with van der Waals surface area (Å²) in [4.78, 5) is 0. The van der Waals surface area contributed by atoms with Gasteiger partial charge in [-0.05, 0) is 45.8 Å². The van der Waals surface area contributed by atoms with Gasteiger partial charge in [0.2, 0.25) is 0 Å². The van der Waals surface area contributed by atoms with Crippen LogP contribution in [0.25, 0.3) is 0 Å². The molecule has 100 valence electrons. The van der Waals surface area contributed by atoms with E-state index in [2.05, 4.69) is 15.9 Å². The average Bonchev–Trinajstić information content (AvgIpc) is 2.40. The molecule has 0 unspecified atom stereocenters. The van der Waals surface area contributed by atoms with E-state index in [9.17, 15) is 8.78 Å². The lowest BCUT2D eigenvalue weighted by molar-refractivity contribution is 0.303. The maximum Gasteiger partial charge on any atom is 0.165 e. The summed E-state index contributed by atoms with van der Waals surface area (Å²) in [6, 6.07) is 9.00. The van der Waals surface area contributed by atoms with Gasteiger partial charge >= 0.3 is 0 Å². The smallest absolute Gasteiger partial charge is 0.165 e. The summed E-state index contributed by atoms with van der Waals surface area (Å²) in [6.45, 7) is 0.155. The van der Waals surface area contributed by atoms with Crippen LogP contribution in [0, 0.1) is 11.6 Å². The number of ether oxygens (including phenoxy) is 2. The first-order valence-corrected chi connectivity index (χ1v) is 6.29. The number of benzene rings is 2. The summed E-state index contributed by atoms with van der Waals surface area (Å²) in [5.74, 6) is -0.292. The Morgan fingerprint density at radius 1 is 1.05 bits per heavy atom. The normalized spacial score (nSPS) is 10.3. The molecule has 2 rings (SSSR count). The fourth-order valence-electron chi connectivity index (χ4n) is 1.53. The van der Waals surface area contributed by atoms with Crippen LogP contribution in [0.5, 0.6) is 11.5 Å². The Hall–Kier alpha value is -1.62. The van der Waals surface area contributed by atoms with Gasteiger partial charge < -0.3 is 9.47 Å². The Morgan fingerprint density at radius 3 is 2.47 bits per heavy atom. The first kappa shape index (κ1) is 13.8. The fourth-order valence-corrected chi connectivity index (χ4v) is 1.78. The van der Waals surface area contributed by atoms with Gasteiger partial charge in [0.25, 0.3) is 0 Å². The van der Waals surface area contributed by atoms with Crippen LogP contribution >= 0.6 is 15.9 Å². The molecule has 0 aliphatic rings. The molecule has 0 saturated carbocycles. The zero-order valence-corrected chi connectivity index (χ0v) is 11.7. The summed E-state index contributed by atoms with van der Waals surface area (Å²) in [6.07, 6.45) is 0. The van der Waals surface area contributed by atoms with Gasteiger partial charge in [0.1, 0.15) is 18.2 Å². The number of halogens is 3. The van der Waals surface area contributed by atoms with Crippen molar-refractivity contribution < 1.29 is 18.3 Å². The van der Waals surface area contributed by atoms with Crippen LogP contribution in [0.15, 0.2) is 40.9 Å². The predicted molar refractivity (Wildman–Crippen MR) is 71.4 cm³/mol. The van der Waals surface area contributed by atoms with E-state index in [4.69, 9.17) is 9.47 Å². The average molecular weight is 329 g/mol. The first-order chi connectivity index (χ1) is 9.10. The second-order valence-corrected chi connectivity index (χ2v) is 4.69. The molecule has 2 aromatic carbocycles. The third kappa shape index (κ3) is 3.44. The van der Waals surface area contributed by atoms with Crippen molar-refractivity contribution in [2.75, 3.05) is 7.11 Å². The number of hydrogen-bond donors (Lipinski definition) is 0. The van der Waals surface area contributed by atoms with E-state index >= 15 is 0 Å². The monoisotopic (exact) mass is 328 g/mol. The summed E-state index contributed by atoms with van der Waals surface area (Å²) >= 11 is 3.06. The SMILES string of the molecule is COc1ccc(COc2ccc(Br)c(F)c2)cc1F. The van der Waals surface area contributed by atoms with Crippen molar-refractivity contribution >= 4 is 15.9 Å². The molecule has 0 aliphatic heterocycles. The molecule has 0 fully saturated rings. The molecule has 0 N–H and O–H groups in total. The highest BCUT2D eigenvalue weighted by Gasteiger charge is 2.05. The second-order valence-electron chi connectivity index (χ2n) is 3.83. The summed E-state index contributed by atoms with van der Waals surface area (Å²) < 4.78 is 37.3. The van der Waals surface area contributed by atoms with Gasteiger partial charge in [-0.1, -0.05) is 6.07 Å². The number of methoxy groups -OCH3 is 1. The van der Waals surface area contributed by atoms with E-state index in [-0.39, 0.29) is 12.4 Å². The molecule has 0 atom stereocenters. The quantitative estimate of drug-likeness (QED) is 0.832. The van der Waals surface area contributed by atoms with Gasteiger partial charge in [-0.3, -0.25) is 0 Å². The molecule has 0 saturated heterocycles. The van der Waals surface area contributed by atoms with E-state index in [1.54, 1.807) is 18.2 Å². The molecule has 0 amide bonds. The van der Waals surface area contributed by atoms with Crippen molar-refractivity contribution in [3.63, 3.8) is 0 Å². The second kappa shape index (κ2) is 6.02. The molecule has 19 heavy (non-hydrogen) atoms. The molecule has 0 aromatic heterocycles. The van der Waals surface area contributed by atoms with Gasteiger partial charge in [-0.2, -0.15) is 0 Å². The van der Waals surface area contributed by atoms with Gasteiger partial charge in [0.05, 0.1) is 11.6 Å². The Labute approximate surface area is 118 Å². The zero-order chi connectivity index (χ0) is 13.8. The van der Waals surface area contributed by atoms with E-state index in [0.29, 0.717) is 15.8 Å². The molecule has 0 heterocycles. The Morgan fingerprint density at radius 2 is 1.84 bits per heavy atom. The van der Waals surface area contributed by atoms with Crippen molar-refractivity contribution in [1.82, 2.24) is 0 Å². The minimum Gasteiger partial charge on any atom is -0.494 e. The topological polar surface area (TPSA) is 18.5 Å². The highest BCUT2D eigenvalue weighted by atomic mass is 79.9. The molecule has 0 bridgehead atoms. The standard InChI is InChI=1S/C14H11BrF2O2/c1-18-14-5-2-9(6-13(14)17)8-19-10-3-4-11(15)12(16)7-10/h2-7H,8H2,1H3. The van der Waals surface area contributed by atoms with Gasteiger partial charge in [-0.25, -0.2) is 8.78 Å². The largest absolute Gasteiger partial charge is 0.494 e. The fraction of sp³-hybridized carbons (Fsp3) is 0.143. The number of rotatable bonds is 4. The van der Waals surface area contributed by atoms with Crippen LogP contribution in [0.1, 0.15) is 5.56 Å². The van der Waals surface area contributed by atoms with Gasteiger partial charge in [-0.15, -0.1) is 0 Å². The molecule has 0 spiro atoms. The highest BCUT2D eigenvalue weighted by Crippen LogP contribution is 2.23. The van der Waals surface area contributed by atoms with Crippen LogP contribution in [0.4, 0.5) is 8.78 Å². The van der Waals surface area contributed by atoms with Crippen molar-refractivity contribution in [3.05, 3.63) is 58.1 Å². The van der Waals surface area contributed by atoms with Crippen molar-refractivity contribution in [2.45, 2.75) is 6.61 Å². The first-order valence-electron chi connectivity index (χ1n) is 5.50. The lowest BCUT2D eigenvalue weighted by atomic mass is 10.2. The van der Waals surface area contributed by atoms with Crippen LogP contribution in [0.2, 0.25) is 0 Å². The van der Waals surface area contributed by atoms with E-state index < -0.39 is 11.6 Å². The van der Waals surface area contributed by atoms with Crippen LogP contribution in [-0.4, -0.2) is 7.11 Å². The van der Waals surface area contributed by atoms with Crippen LogP contribution in [-0.2, 0) is 6.61 Å². The Bertz CT molecular complexity index is 588. The summed E-state index contributed by atoms with van der Waals surface area (Å²) in [5, 5.41) is 0. The van der Waals surface area contributed by atoms with Crippen molar-refractivity contribution in [3.8, 4) is 11.5 Å². The van der Waals surface area contributed by atoms with Gasteiger partial charge in [0.15, 0.2) is 11.6 Å². The maximum absolute atomic E-state index is 13.4. The Balaban J connectivity index is 2.05. The minimum atomic E-state index is -0.453. The molecule has 2 aromatic rings. The van der Waals surface area contributed by atoms with E-state index in [0.717, 1.165) is 0 Å². The van der Waals surface area contributed by atoms with Crippen LogP contribution < -0.4 is 9.47 Å². The zero-order valence-electron chi connectivity index (χ0n) is 10.1. The van der Waals surface area contributed by atoms with Crippen molar-refractivity contribution in [2.24, 2.45) is 0 Å². The summed E-state index contributed by atoms with van der Waals surface area (Å²) in [7, 11) is 1.40.